The number of hydrogen-bond donors (Lipinski definition) is 3. The van der Waals surface area contributed by atoms with Crippen LogP contribution >= 0.6 is 0 Å². The molecule has 1 saturated heterocycles. The first-order chi connectivity index (χ1) is 17.8. The molecule has 0 spiro atoms. The number of likely N-dealkylation sites (tertiary alicyclic amines) is 1. The van der Waals surface area contributed by atoms with Crippen LogP contribution in [0.15, 0.2) is 54.9 Å². The SMILES string of the molecule is CC(C)(C)c1cc(NC(=O)Nc2ccc(-n3cnc4cc(OCCN5CCCCC5)ccc43)cc2)n[nH]1. The largest absolute Gasteiger partial charge is 0.492 e. The van der Waals surface area contributed by atoms with E-state index < -0.39 is 0 Å². The van der Waals surface area contributed by atoms with Crippen LogP contribution in [0.2, 0.25) is 0 Å². The van der Waals surface area contributed by atoms with E-state index in [-0.39, 0.29) is 11.4 Å². The van der Waals surface area contributed by atoms with Gasteiger partial charge in [-0.05, 0) is 62.3 Å². The second-order valence-electron chi connectivity index (χ2n) is 10.6. The van der Waals surface area contributed by atoms with Gasteiger partial charge in [0.05, 0.1) is 11.0 Å². The van der Waals surface area contributed by atoms with Crippen LogP contribution in [0.3, 0.4) is 0 Å². The van der Waals surface area contributed by atoms with Gasteiger partial charge in [0.25, 0.3) is 0 Å². The summed E-state index contributed by atoms with van der Waals surface area (Å²) in [6.07, 6.45) is 5.73. The van der Waals surface area contributed by atoms with Crippen molar-refractivity contribution >= 4 is 28.6 Å². The quantitative estimate of drug-likeness (QED) is 0.308. The van der Waals surface area contributed by atoms with Crippen LogP contribution in [-0.2, 0) is 5.41 Å². The summed E-state index contributed by atoms with van der Waals surface area (Å²) in [6.45, 7) is 10.2. The number of ether oxygens (including phenoxy) is 1. The third kappa shape index (κ3) is 6.11. The molecule has 0 aliphatic carbocycles. The number of imidazole rings is 1. The fourth-order valence-corrected chi connectivity index (χ4v) is 4.52. The van der Waals surface area contributed by atoms with E-state index in [1.165, 1.54) is 32.4 Å². The molecule has 1 aliphatic heterocycles. The Morgan fingerprint density at radius 1 is 1.03 bits per heavy atom. The highest BCUT2D eigenvalue weighted by molar-refractivity contribution is 5.99. The fraction of sp³-hybridized carbons (Fsp3) is 0.393. The monoisotopic (exact) mass is 501 g/mol. The Bertz CT molecular complexity index is 1350. The summed E-state index contributed by atoms with van der Waals surface area (Å²) >= 11 is 0. The molecule has 2 aromatic carbocycles. The molecule has 0 radical (unpaired) electrons. The molecule has 2 aromatic heterocycles. The highest BCUT2D eigenvalue weighted by atomic mass is 16.5. The van der Waals surface area contributed by atoms with Gasteiger partial charge in [-0.2, -0.15) is 5.10 Å². The topological polar surface area (TPSA) is 100 Å². The van der Waals surface area contributed by atoms with E-state index in [9.17, 15) is 4.79 Å². The first-order valence-electron chi connectivity index (χ1n) is 12.9. The number of hydrogen-bond acceptors (Lipinski definition) is 5. The van der Waals surface area contributed by atoms with Gasteiger partial charge >= 0.3 is 6.03 Å². The summed E-state index contributed by atoms with van der Waals surface area (Å²) in [4.78, 5) is 19.5. The Kier molecular flexibility index (Phi) is 7.14. The van der Waals surface area contributed by atoms with Crippen molar-refractivity contribution in [3.05, 3.63) is 60.6 Å². The molecule has 9 nitrogen and oxygen atoms in total. The zero-order chi connectivity index (χ0) is 25.8. The van der Waals surface area contributed by atoms with Crippen molar-refractivity contribution in [2.45, 2.75) is 45.4 Å². The molecular formula is C28H35N7O2. The van der Waals surface area contributed by atoms with E-state index in [0.29, 0.717) is 18.1 Å². The molecular weight excluding hydrogens is 466 g/mol. The number of anilines is 2. The zero-order valence-electron chi connectivity index (χ0n) is 21.8. The molecule has 2 amide bonds. The minimum absolute atomic E-state index is 0.0713. The average molecular weight is 502 g/mol. The summed E-state index contributed by atoms with van der Waals surface area (Å²) in [5.74, 6) is 1.32. The minimum atomic E-state index is -0.347. The molecule has 0 unspecified atom stereocenters. The highest BCUT2D eigenvalue weighted by Crippen LogP contribution is 2.25. The molecule has 0 atom stereocenters. The second kappa shape index (κ2) is 10.6. The molecule has 194 valence electrons. The Balaban J connectivity index is 1.18. The number of nitrogens with zero attached hydrogens (tertiary/aromatic N) is 4. The number of piperidine rings is 1. The van der Waals surface area contributed by atoms with E-state index >= 15 is 0 Å². The van der Waals surface area contributed by atoms with Gasteiger partial charge in [-0.1, -0.05) is 27.2 Å². The number of nitrogens with one attached hydrogen (secondary N) is 3. The predicted octanol–water partition coefficient (Wildman–Crippen LogP) is 5.55. The summed E-state index contributed by atoms with van der Waals surface area (Å²) in [5.41, 5.74) is 4.39. The standard InChI is InChI=1S/C28H35N7O2/c1-28(2,3)25-18-26(33-32-25)31-27(36)30-20-7-9-21(10-8-20)35-19-29-23-17-22(11-12-24(23)35)37-16-15-34-13-5-4-6-14-34/h7-12,17-19H,4-6,13-16H2,1-3H3,(H3,30,31,32,33,36). The summed E-state index contributed by atoms with van der Waals surface area (Å²) in [5, 5.41) is 12.8. The maximum Gasteiger partial charge on any atom is 0.324 e. The maximum absolute atomic E-state index is 12.4. The van der Waals surface area contributed by atoms with E-state index in [0.717, 1.165) is 34.7 Å². The number of fused-ring (bicyclic) bond motifs is 1. The summed E-state index contributed by atoms with van der Waals surface area (Å²) < 4.78 is 8.02. The predicted molar refractivity (Wildman–Crippen MR) is 147 cm³/mol. The molecule has 0 saturated carbocycles. The molecule has 3 N–H and O–H groups in total. The normalized spacial score (nSPS) is 14.6. The van der Waals surface area contributed by atoms with Crippen LogP contribution in [0.4, 0.5) is 16.3 Å². The first-order valence-corrected chi connectivity index (χ1v) is 12.9. The lowest BCUT2D eigenvalue weighted by molar-refractivity contribution is 0.183. The molecule has 37 heavy (non-hydrogen) atoms. The summed E-state index contributed by atoms with van der Waals surface area (Å²) in [6, 6.07) is 15.2. The van der Waals surface area contributed by atoms with Gasteiger partial charge in [0, 0.05) is 41.2 Å². The lowest BCUT2D eigenvalue weighted by Gasteiger charge is -2.26. The van der Waals surface area contributed by atoms with Crippen molar-refractivity contribution in [2.24, 2.45) is 0 Å². The number of aromatic nitrogens is 4. The van der Waals surface area contributed by atoms with Crippen molar-refractivity contribution in [1.29, 1.82) is 0 Å². The van der Waals surface area contributed by atoms with E-state index in [4.69, 9.17) is 4.74 Å². The van der Waals surface area contributed by atoms with Crippen molar-refractivity contribution < 1.29 is 9.53 Å². The third-order valence-electron chi connectivity index (χ3n) is 6.67. The Morgan fingerprint density at radius 3 is 2.54 bits per heavy atom. The lowest BCUT2D eigenvalue weighted by Crippen LogP contribution is -2.33. The number of carbonyl (C=O) groups is 1. The molecule has 0 bridgehead atoms. The zero-order valence-corrected chi connectivity index (χ0v) is 21.8. The maximum atomic E-state index is 12.4. The van der Waals surface area contributed by atoms with Crippen molar-refractivity contribution in [3.8, 4) is 11.4 Å². The highest BCUT2D eigenvalue weighted by Gasteiger charge is 2.17. The first kappa shape index (κ1) is 24.8. The Hall–Kier alpha value is -3.85. The van der Waals surface area contributed by atoms with Crippen molar-refractivity contribution in [2.75, 3.05) is 36.9 Å². The fourth-order valence-electron chi connectivity index (χ4n) is 4.52. The molecule has 1 aliphatic rings. The van der Waals surface area contributed by atoms with E-state index in [1.807, 2.05) is 59.4 Å². The lowest BCUT2D eigenvalue weighted by atomic mass is 9.92. The van der Waals surface area contributed by atoms with E-state index in [1.54, 1.807) is 0 Å². The summed E-state index contributed by atoms with van der Waals surface area (Å²) in [7, 11) is 0. The number of aromatic amines is 1. The number of carbonyl (C=O) groups excluding carboxylic acids is 1. The third-order valence-corrected chi connectivity index (χ3v) is 6.67. The second-order valence-corrected chi connectivity index (χ2v) is 10.6. The molecule has 9 heteroatoms. The number of amides is 2. The minimum Gasteiger partial charge on any atom is -0.492 e. The van der Waals surface area contributed by atoms with Gasteiger partial charge in [-0.3, -0.25) is 19.9 Å². The van der Waals surface area contributed by atoms with Gasteiger partial charge in [0.2, 0.25) is 0 Å². The van der Waals surface area contributed by atoms with Crippen LogP contribution in [0, 0.1) is 0 Å². The van der Waals surface area contributed by atoms with Crippen LogP contribution in [0.25, 0.3) is 16.7 Å². The van der Waals surface area contributed by atoms with Crippen LogP contribution in [0.5, 0.6) is 5.75 Å². The number of rotatable bonds is 7. The average Bonchev–Trinajstić information content (AvgIpc) is 3.52. The van der Waals surface area contributed by atoms with Crippen molar-refractivity contribution in [1.82, 2.24) is 24.6 Å². The van der Waals surface area contributed by atoms with Gasteiger partial charge < -0.3 is 10.1 Å². The Morgan fingerprint density at radius 2 is 1.81 bits per heavy atom. The van der Waals surface area contributed by atoms with Gasteiger partial charge in [-0.25, -0.2) is 9.78 Å². The van der Waals surface area contributed by atoms with Gasteiger partial charge in [-0.15, -0.1) is 0 Å². The van der Waals surface area contributed by atoms with E-state index in [2.05, 4.69) is 51.5 Å². The number of benzene rings is 2. The molecule has 3 heterocycles. The molecule has 4 aromatic rings. The van der Waals surface area contributed by atoms with Crippen LogP contribution < -0.4 is 15.4 Å². The van der Waals surface area contributed by atoms with Gasteiger partial charge in [0.1, 0.15) is 18.7 Å². The van der Waals surface area contributed by atoms with Crippen LogP contribution in [0.1, 0.15) is 45.7 Å². The molecule has 5 rings (SSSR count). The number of urea groups is 1. The van der Waals surface area contributed by atoms with Gasteiger partial charge in [0.15, 0.2) is 5.82 Å². The number of H-pyrrole nitrogens is 1. The van der Waals surface area contributed by atoms with Crippen molar-refractivity contribution in [3.63, 3.8) is 0 Å². The molecule has 1 fully saturated rings. The smallest absolute Gasteiger partial charge is 0.324 e. The van der Waals surface area contributed by atoms with Crippen LogP contribution in [-0.4, -0.2) is 56.9 Å². The Labute approximate surface area is 217 Å².